The first-order valence-corrected chi connectivity index (χ1v) is 8.49. The van der Waals surface area contributed by atoms with E-state index in [4.69, 9.17) is 21.1 Å². The fraction of sp³-hybridized carbons (Fsp3) is 0.368. The largest absolute Gasteiger partial charge is 0.490 e. The van der Waals surface area contributed by atoms with Gasteiger partial charge in [-0.15, -0.1) is 0 Å². The Balaban J connectivity index is 1.68. The van der Waals surface area contributed by atoms with Gasteiger partial charge in [-0.3, -0.25) is 0 Å². The van der Waals surface area contributed by atoms with Crippen LogP contribution in [0.15, 0.2) is 42.5 Å². The lowest BCUT2D eigenvalue weighted by Gasteiger charge is -2.14. The summed E-state index contributed by atoms with van der Waals surface area (Å²) in [5, 5.41) is 4.23. The van der Waals surface area contributed by atoms with Gasteiger partial charge in [-0.25, -0.2) is 0 Å². The van der Waals surface area contributed by atoms with E-state index in [-0.39, 0.29) is 0 Å². The Labute approximate surface area is 142 Å². The van der Waals surface area contributed by atoms with Gasteiger partial charge < -0.3 is 14.8 Å². The standard InChI is InChI=1S/C19H22ClNO2/c1-2-22-19-11-14(12-21-16-8-9-16)7-10-18(19)23-13-15-5-3-4-6-17(15)20/h3-7,10-11,16,21H,2,8-9,12-13H2,1H3. The summed E-state index contributed by atoms with van der Waals surface area (Å²) in [5.74, 6) is 1.54. The van der Waals surface area contributed by atoms with Crippen LogP contribution in [-0.4, -0.2) is 12.6 Å². The first kappa shape index (κ1) is 16.2. The van der Waals surface area contributed by atoms with E-state index >= 15 is 0 Å². The average Bonchev–Trinajstić information content (AvgIpc) is 3.38. The number of hydrogen-bond donors (Lipinski definition) is 1. The first-order valence-electron chi connectivity index (χ1n) is 8.11. The van der Waals surface area contributed by atoms with Crippen molar-refractivity contribution in [3.05, 3.63) is 58.6 Å². The van der Waals surface area contributed by atoms with Crippen LogP contribution in [0.5, 0.6) is 11.5 Å². The summed E-state index contributed by atoms with van der Waals surface area (Å²) in [7, 11) is 0. The van der Waals surface area contributed by atoms with Crippen LogP contribution in [0.4, 0.5) is 0 Å². The van der Waals surface area contributed by atoms with Gasteiger partial charge in [0.15, 0.2) is 11.5 Å². The second kappa shape index (κ2) is 7.71. The zero-order valence-corrected chi connectivity index (χ0v) is 14.1. The van der Waals surface area contributed by atoms with Crippen LogP contribution in [0.1, 0.15) is 30.9 Å². The molecule has 0 atom stereocenters. The summed E-state index contributed by atoms with van der Waals surface area (Å²) in [6.07, 6.45) is 2.58. The lowest BCUT2D eigenvalue weighted by Crippen LogP contribution is -2.15. The van der Waals surface area contributed by atoms with E-state index in [0.717, 1.165) is 28.6 Å². The van der Waals surface area contributed by atoms with Gasteiger partial charge in [-0.05, 0) is 43.5 Å². The summed E-state index contributed by atoms with van der Waals surface area (Å²) in [6, 6.07) is 14.5. The van der Waals surface area contributed by atoms with Gasteiger partial charge in [0, 0.05) is 23.2 Å². The fourth-order valence-corrected chi connectivity index (χ4v) is 2.56. The van der Waals surface area contributed by atoms with Crippen molar-refractivity contribution in [1.82, 2.24) is 5.32 Å². The predicted octanol–water partition coefficient (Wildman–Crippen LogP) is 4.57. The predicted molar refractivity (Wildman–Crippen MR) is 93.3 cm³/mol. The molecule has 2 aromatic carbocycles. The van der Waals surface area contributed by atoms with Crippen LogP contribution < -0.4 is 14.8 Å². The fourth-order valence-electron chi connectivity index (χ4n) is 2.37. The van der Waals surface area contributed by atoms with Crippen LogP contribution in [0.2, 0.25) is 5.02 Å². The molecule has 0 heterocycles. The molecule has 0 aliphatic heterocycles. The Bertz CT molecular complexity index is 656. The van der Waals surface area contributed by atoms with E-state index in [2.05, 4.69) is 17.4 Å². The molecule has 4 heteroatoms. The average molecular weight is 332 g/mol. The van der Waals surface area contributed by atoms with Crippen molar-refractivity contribution in [2.24, 2.45) is 0 Å². The molecular formula is C19H22ClNO2. The number of ether oxygens (including phenoxy) is 2. The minimum absolute atomic E-state index is 0.430. The Kier molecular flexibility index (Phi) is 5.42. The zero-order chi connectivity index (χ0) is 16.1. The van der Waals surface area contributed by atoms with Gasteiger partial charge in [0.05, 0.1) is 6.61 Å². The summed E-state index contributed by atoms with van der Waals surface area (Å²) >= 11 is 6.17. The van der Waals surface area contributed by atoms with Crippen molar-refractivity contribution < 1.29 is 9.47 Å². The van der Waals surface area contributed by atoms with Crippen molar-refractivity contribution in [3.63, 3.8) is 0 Å². The molecule has 0 aromatic heterocycles. The molecule has 1 aliphatic rings. The number of nitrogens with one attached hydrogen (secondary N) is 1. The maximum Gasteiger partial charge on any atom is 0.161 e. The Morgan fingerprint density at radius 1 is 1.09 bits per heavy atom. The second-order valence-corrected chi connectivity index (χ2v) is 6.16. The quantitative estimate of drug-likeness (QED) is 0.768. The summed E-state index contributed by atoms with van der Waals surface area (Å²) in [5.41, 5.74) is 2.18. The molecule has 0 radical (unpaired) electrons. The van der Waals surface area contributed by atoms with Crippen molar-refractivity contribution in [2.45, 2.75) is 39.0 Å². The van der Waals surface area contributed by atoms with Gasteiger partial charge in [-0.1, -0.05) is 35.9 Å². The lowest BCUT2D eigenvalue weighted by molar-refractivity contribution is 0.269. The normalized spacial score (nSPS) is 13.8. The van der Waals surface area contributed by atoms with Crippen LogP contribution >= 0.6 is 11.6 Å². The monoisotopic (exact) mass is 331 g/mol. The van der Waals surface area contributed by atoms with Crippen molar-refractivity contribution in [1.29, 1.82) is 0 Å². The molecule has 0 amide bonds. The van der Waals surface area contributed by atoms with Crippen molar-refractivity contribution >= 4 is 11.6 Å². The van der Waals surface area contributed by atoms with E-state index in [1.54, 1.807) is 0 Å². The number of halogens is 1. The van der Waals surface area contributed by atoms with Gasteiger partial charge in [-0.2, -0.15) is 0 Å². The molecule has 122 valence electrons. The molecule has 1 saturated carbocycles. The molecule has 0 unspecified atom stereocenters. The third-order valence-corrected chi connectivity index (χ3v) is 4.19. The topological polar surface area (TPSA) is 30.5 Å². The Morgan fingerprint density at radius 3 is 2.65 bits per heavy atom. The molecule has 3 rings (SSSR count). The molecule has 1 aliphatic carbocycles. The molecule has 0 bridgehead atoms. The van der Waals surface area contributed by atoms with Gasteiger partial charge in [0.25, 0.3) is 0 Å². The SMILES string of the molecule is CCOc1cc(CNC2CC2)ccc1OCc1ccccc1Cl. The maximum atomic E-state index is 6.17. The highest BCUT2D eigenvalue weighted by Crippen LogP contribution is 2.30. The Morgan fingerprint density at radius 2 is 1.91 bits per heavy atom. The van der Waals surface area contributed by atoms with E-state index in [1.807, 2.05) is 37.3 Å². The number of rotatable bonds is 8. The lowest BCUT2D eigenvalue weighted by atomic mass is 10.2. The van der Waals surface area contributed by atoms with Crippen LogP contribution in [0.25, 0.3) is 0 Å². The molecule has 2 aromatic rings. The van der Waals surface area contributed by atoms with E-state index < -0.39 is 0 Å². The van der Waals surface area contributed by atoms with Crippen LogP contribution in [0, 0.1) is 0 Å². The third kappa shape index (κ3) is 4.63. The Hall–Kier alpha value is -1.71. The maximum absolute atomic E-state index is 6.17. The molecule has 1 N–H and O–H groups in total. The van der Waals surface area contributed by atoms with E-state index in [0.29, 0.717) is 19.3 Å². The highest BCUT2D eigenvalue weighted by atomic mass is 35.5. The molecule has 0 saturated heterocycles. The van der Waals surface area contributed by atoms with Crippen molar-refractivity contribution in [3.8, 4) is 11.5 Å². The number of benzene rings is 2. The van der Waals surface area contributed by atoms with Crippen LogP contribution in [0.3, 0.4) is 0 Å². The molecule has 1 fully saturated rings. The minimum Gasteiger partial charge on any atom is -0.490 e. The molecule has 23 heavy (non-hydrogen) atoms. The molecule has 3 nitrogen and oxygen atoms in total. The second-order valence-electron chi connectivity index (χ2n) is 5.75. The molecular weight excluding hydrogens is 310 g/mol. The summed E-state index contributed by atoms with van der Waals surface area (Å²) in [4.78, 5) is 0. The van der Waals surface area contributed by atoms with E-state index in [9.17, 15) is 0 Å². The minimum atomic E-state index is 0.430. The number of hydrogen-bond acceptors (Lipinski definition) is 3. The third-order valence-electron chi connectivity index (χ3n) is 3.82. The highest BCUT2D eigenvalue weighted by molar-refractivity contribution is 6.31. The van der Waals surface area contributed by atoms with Crippen LogP contribution in [-0.2, 0) is 13.2 Å². The van der Waals surface area contributed by atoms with Gasteiger partial charge >= 0.3 is 0 Å². The van der Waals surface area contributed by atoms with E-state index in [1.165, 1.54) is 18.4 Å². The zero-order valence-electron chi connectivity index (χ0n) is 13.3. The van der Waals surface area contributed by atoms with Crippen molar-refractivity contribution in [2.75, 3.05) is 6.61 Å². The molecule has 0 spiro atoms. The smallest absolute Gasteiger partial charge is 0.161 e. The van der Waals surface area contributed by atoms with Gasteiger partial charge in [0.1, 0.15) is 6.61 Å². The summed E-state index contributed by atoms with van der Waals surface area (Å²) in [6.45, 7) is 3.89. The highest BCUT2D eigenvalue weighted by Gasteiger charge is 2.20. The van der Waals surface area contributed by atoms with Gasteiger partial charge in [0.2, 0.25) is 0 Å². The first-order chi connectivity index (χ1) is 11.3. The summed E-state index contributed by atoms with van der Waals surface area (Å²) < 4.78 is 11.7.